The second kappa shape index (κ2) is 1.95. The Balaban J connectivity index is 1.99. The number of rotatable bonds is 1. The molecule has 2 heterocycles. The monoisotopic (exact) mass is 141 g/mol. The summed E-state index contributed by atoms with van der Waals surface area (Å²) in [6, 6.07) is 0.661. The number of nitrogens with zero attached hydrogens (tertiary/aromatic N) is 1. The van der Waals surface area contributed by atoms with Crippen LogP contribution in [-0.2, 0) is 4.74 Å². The van der Waals surface area contributed by atoms with Crippen molar-refractivity contribution in [2.75, 3.05) is 13.2 Å². The minimum absolute atomic E-state index is 0.216. The van der Waals surface area contributed by atoms with E-state index in [0.29, 0.717) is 6.04 Å². The van der Waals surface area contributed by atoms with Gasteiger partial charge in [0, 0.05) is 25.4 Å². The van der Waals surface area contributed by atoms with Gasteiger partial charge in [0.25, 0.3) is 0 Å². The van der Waals surface area contributed by atoms with Crippen molar-refractivity contribution in [1.29, 1.82) is 0 Å². The van der Waals surface area contributed by atoms with Gasteiger partial charge in [-0.05, 0) is 13.8 Å². The highest BCUT2D eigenvalue weighted by Crippen LogP contribution is 2.42. The molecule has 1 spiro atoms. The summed E-state index contributed by atoms with van der Waals surface area (Å²) in [7, 11) is 0. The molecule has 0 aromatic rings. The van der Waals surface area contributed by atoms with Gasteiger partial charge < -0.3 is 4.74 Å². The minimum atomic E-state index is 0.216. The standard InChI is InChI=1S/C8H15NO/c1-7(2)9-5-3-8(9)4-6-10-8/h7H,3-6H2,1-2H3. The largest absolute Gasteiger partial charge is 0.360 e. The van der Waals surface area contributed by atoms with Gasteiger partial charge in [-0.2, -0.15) is 0 Å². The summed E-state index contributed by atoms with van der Waals surface area (Å²) >= 11 is 0. The zero-order valence-electron chi connectivity index (χ0n) is 6.76. The predicted octanol–water partition coefficient (Wildman–Crippen LogP) is 1.22. The van der Waals surface area contributed by atoms with Crippen LogP contribution in [0.1, 0.15) is 26.7 Å². The van der Waals surface area contributed by atoms with Gasteiger partial charge in [0.2, 0.25) is 0 Å². The quantitative estimate of drug-likeness (QED) is 0.544. The van der Waals surface area contributed by atoms with E-state index in [9.17, 15) is 0 Å². The lowest BCUT2D eigenvalue weighted by molar-refractivity contribution is -0.299. The molecule has 2 rings (SSSR count). The average molecular weight is 141 g/mol. The molecule has 10 heavy (non-hydrogen) atoms. The van der Waals surface area contributed by atoms with Crippen LogP contribution in [0, 0.1) is 0 Å². The highest BCUT2D eigenvalue weighted by Gasteiger charge is 2.51. The fourth-order valence-corrected chi connectivity index (χ4v) is 1.98. The molecule has 1 atom stereocenters. The third-order valence-corrected chi connectivity index (χ3v) is 2.75. The fraction of sp³-hybridized carbons (Fsp3) is 1.00. The number of ether oxygens (including phenoxy) is 1. The van der Waals surface area contributed by atoms with Crippen molar-refractivity contribution in [1.82, 2.24) is 4.90 Å². The molecule has 2 aliphatic rings. The molecule has 0 aromatic heterocycles. The third kappa shape index (κ3) is 0.663. The van der Waals surface area contributed by atoms with Gasteiger partial charge in [-0.3, -0.25) is 4.90 Å². The van der Waals surface area contributed by atoms with Crippen LogP contribution in [0.2, 0.25) is 0 Å². The summed E-state index contributed by atoms with van der Waals surface area (Å²) in [4.78, 5) is 2.45. The van der Waals surface area contributed by atoms with Gasteiger partial charge in [0.05, 0.1) is 6.61 Å². The maximum atomic E-state index is 5.55. The van der Waals surface area contributed by atoms with Gasteiger partial charge in [-0.1, -0.05) is 0 Å². The summed E-state index contributed by atoms with van der Waals surface area (Å²) < 4.78 is 5.55. The number of likely N-dealkylation sites (tertiary alicyclic amines) is 1. The van der Waals surface area contributed by atoms with E-state index in [1.54, 1.807) is 0 Å². The van der Waals surface area contributed by atoms with Gasteiger partial charge in [-0.15, -0.1) is 0 Å². The zero-order valence-corrected chi connectivity index (χ0v) is 6.76. The van der Waals surface area contributed by atoms with Crippen molar-refractivity contribution >= 4 is 0 Å². The first-order chi connectivity index (χ1) is 4.75. The molecule has 2 fully saturated rings. The van der Waals surface area contributed by atoms with Gasteiger partial charge in [0.15, 0.2) is 0 Å². The van der Waals surface area contributed by atoms with E-state index in [-0.39, 0.29) is 5.72 Å². The van der Waals surface area contributed by atoms with Crippen molar-refractivity contribution in [2.45, 2.75) is 38.5 Å². The van der Waals surface area contributed by atoms with Gasteiger partial charge >= 0.3 is 0 Å². The maximum absolute atomic E-state index is 5.55. The molecule has 0 bridgehead atoms. The van der Waals surface area contributed by atoms with Crippen LogP contribution in [0.4, 0.5) is 0 Å². The molecule has 0 radical (unpaired) electrons. The van der Waals surface area contributed by atoms with E-state index < -0.39 is 0 Å². The molecule has 58 valence electrons. The van der Waals surface area contributed by atoms with Crippen molar-refractivity contribution in [3.05, 3.63) is 0 Å². The molecule has 2 aliphatic heterocycles. The van der Waals surface area contributed by atoms with E-state index in [2.05, 4.69) is 18.7 Å². The Labute approximate surface area is 62.2 Å². The Kier molecular flexibility index (Phi) is 1.29. The first kappa shape index (κ1) is 6.62. The van der Waals surface area contributed by atoms with Gasteiger partial charge in [-0.25, -0.2) is 0 Å². The first-order valence-corrected chi connectivity index (χ1v) is 4.15. The van der Waals surface area contributed by atoms with E-state index in [4.69, 9.17) is 4.74 Å². The van der Waals surface area contributed by atoms with Crippen molar-refractivity contribution in [2.24, 2.45) is 0 Å². The molecular weight excluding hydrogens is 126 g/mol. The topological polar surface area (TPSA) is 12.5 Å². The summed E-state index contributed by atoms with van der Waals surface area (Å²) in [5, 5.41) is 0. The summed E-state index contributed by atoms with van der Waals surface area (Å²) in [5.74, 6) is 0. The highest BCUT2D eigenvalue weighted by atomic mass is 16.5. The van der Waals surface area contributed by atoms with Crippen LogP contribution in [0.15, 0.2) is 0 Å². The zero-order chi connectivity index (χ0) is 7.19. The van der Waals surface area contributed by atoms with Crippen LogP contribution in [-0.4, -0.2) is 29.8 Å². The molecule has 0 aliphatic carbocycles. The molecule has 0 N–H and O–H groups in total. The second-order valence-electron chi connectivity index (χ2n) is 3.58. The van der Waals surface area contributed by atoms with Crippen molar-refractivity contribution in [3.63, 3.8) is 0 Å². The molecule has 0 aromatic carbocycles. The maximum Gasteiger partial charge on any atom is 0.125 e. The molecule has 2 saturated heterocycles. The average Bonchev–Trinajstić information content (AvgIpc) is 1.53. The van der Waals surface area contributed by atoms with E-state index in [0.717, 1.165) is 6.61 Å². The Morgan fingerprint density at radius 3 is 2.20 bits per heavy atom. The number of hydrogen-bond acceptors (Lipinski definition) is 2. The van der Waals surface area contributed by atoms with Crippen LogP contribution < -0.4 is 0 Å². The molecule has 2 heteroatoms. The van der Waals surface area contributed by atoms with E-state index >= 15 is 0 Å². The Hall–Kier alpha value is -0.0800. The van der Waals surface area contributed by atoms with Crippen LogP contribution in [0.5, 0.6) is 0 Å². The predicted molar refractivity (Wildman–Crippen MR) is 39.8 cm³/mol. The normalized spacial score (nSPS) is 39.9. The Morgan fingerprint density at radius 2 is 2.10 bits per heavy atom. The number of hydrogen-bond donors (Lipinski definition) is 0. The van der Waals surface area contributed by atoms with Crippen molar-refractivity contribution < 1.29 is 4.74 Å². The fourth-order valence-electron chi connectivity index (χ4n) is 1.98. The van der Waals surface area contributed by atoms with Crippen LogP contribution in [0.3, 0.4) is 0 Å². The molecule has 0 amide bonds. The lowest BCUT2D eigenvalue weighted by atomic mass is 9.89. The van der Waals surface area contributed by atoms with Crippen LogP contribution in [0.25, 0.3) is 0 Å². The van der Waals surface area contributed by atoms with E-state index in [1.165, 1.54) is 19.4 Å². The Morgan fingerprint density at radius 1 is 1.40 bits per heavy atom. The molecule has 0 saturated carbocycles. The van der Waals surface area contributed by atoms with Gasteiger partial charge in [0.1, 0.15) is 5.72 Å². The lowest BCUT2D eigenvalue weighted by Gasteiger charge is -2.59. The van der Waals surface area contributed by atoms with Crippen LogP contribution >= 0.6 is 0 Å². The smallest absolute Gasteiger partial charge is 0.125 e. The Bertz CT molecular complexity index is 135. The minimum Gasteiger partial charge on any atom is -0.360 e. The summed E-state index contributed by atoms with van der Waals surface area (Å²) in [5.41, 5.74) is 0.216. The summed E-state index contributed by atoms with van der Waals surface area (Å²) in [6.07, 6.45) is 2.51. The van der Waals surface area contributed by atoms with Crippen molar-refractivity contribution in [3.8, 4) is 0 Å². The lowest BCUT2D eigenvalue weighted by Crippen LogP contribution is -2.68. The third-order valence-electron chi connectivity index (χ3n) is 2.75. The first-order valence-electron chi connectivity index (χ1n) is 4.15. The highest BCUT2D eigenvalue weighted by molar-refractivity contribution is 4.97. The summed E-state index contributed by atoms with van der Waals surface area (Å²) in [6.45, 7) is 6.69. The molecular formula is C8H15NO. The second-order valence-corrected chi connectivity index (χ2v) is 3.58. The van der Waals surface area contributed by atoms with E-state index in [1.807, 2.05) is 0 Å². The SMILES string of the molecule is CC(C)N1CCC12CCO2. The molecule has 2 nitrogen and oxygen atoms in total. The molecule has 1 unspecified atom stereocenters.